The standard InChI is InChI=1S/C57H106O5/c1-3-5-7-9-11-13-15-17-19-21-23-24-25-26-27-28-29-30-31-32-34-35-37-39-41-43-45-47-49-51-56(59)61-54-55(53-58)62-57(60)52-50-48-46-44-42-40-38-36-33-22-20-18-16-14-12-10-8-6-4-2/h12,14,18,20,33,36,55,58H,3-11,13,15-17,19,21-32,34-35,37-54H2,1-2H3/b14-12-,20-18-,36-33-. The molecular weight excluding hydrogens is 765 g/mol. The van der Waals surface area contributed by atoms with Gasteiger partial charge >= 0.3 is 11.9 Å². The lowest BCUT2D eigenvalue weighted by molar-refractivity contribution is -0.161. The predicted octanol–water partition coefficient (Wildman–Crippen LogP) is 18.3. The molecule has 0 aliphatic heterocycles. The minimum atomic E-state index is -0.777. The van der Waals surface area contributed by atoms with Crippen LogP contribution >= 0.6 is 0 Å². The number of rotatable bonds is 51. The molecule has 0 heterocycles. The van der Waals surface area contributed by atoms with Crippen LogP contribution in [0.4, 0.5) is 0 Å². The van der Waals surface area contributed by atoms with Crippen molar-refractivity contribution in [2.75, 3.05) is 13.2 Å². The fourth-order valence-corrected chi connectivity index (χ4v) is 8.27. The molecule has 0 amide bonds. The highest BCUT2D eigenvalue weighted by Gasteiger charge is 2.16. The number of hydrogen-bond acceptors (Lipinski definition) is 5. The number of unbranched alkanes of at least 4 members (excludes halogenated alkanes) is 37. The lowest BCUT2D eigenvalue weighted by atomic mass is 10.0. The van der Waals surface area contributed by atoms with Gasteiger partial charge in [-0.3, -0.25) is 9.59 Å². The molecule has 0 rings (SSSR count). The Balaban J connectivity index is 3.44. The summed E-state index contributed by atoms with van der Waals surface area (Å²) in [5.41, 5.74) is 0. The minimum absolute atomic E-state index is 0.0676. The van der Waals surface area contributed by atoms with Crippen LogP contribution < -0.4 is 0 Å². The Hall–Kier alpha value is -1.88. The molecule has 0 aliphatic carbocycles. The van der Waals surface area contributed by atoms with Crippen molar-refractivity contribution in [1.82, 2.24) is 0 Å². The van der Waals surface area contributed by atoms with Crippen LogP contribution in [0.3, 0.4) is 0 Å². The van der Waals surface area contributed by atoms with E-state index in [0.29, 0.717) is 12.8 Å². The zero-order valence-corrected chi connectivity index (χ0v) is 41.6. The Morgan fingerprint density at radius 2 is 0.645 bits per heavy atom. The first kappa shape index (κ1) is 60.1. The molecule has 0 saturated heterocycles. The van der Waals surface area contributed by atoms with Gasteiger partial charge in [-0.25, -0.2) is 0 Å². The summed E-state index contributed by atoms with van der Waals surface area (Å²) >= 11 is 0. The van der Waals surface area contributed by atoms with Gasteiger partial charge in [0.1, 0.15) is 6.61 Å². The van der Waals surface area contributed by atoms with Crippen molar-refractivity contribution in [3.63, 3.8) is 0 Å². The molecule has 0 bridgehead atoms. The summed E-state index contributed by atoms with van der Waals surface area (Å²) in [6, 6.07) is 0. The average molecular weight is 871 g/mol. The summed E-state index contributed by atoms with van der Waals surface area (Å²) in [7, 11) is 0. The molecule has 0 fully saturated rings. The van der Waals surface area contributed by atoms with Gasteiger partial charge in [0.25, 0.3) is 0 Å². The van der Waals surface area contributed by atoms with Gasteiger partial charge in [0.15, 0.2) is 6.10 Å². The average Bonchev–Trinajstić information content (AvgIpc) is 3.28. The highest BCUT2D eigenvalue weighted by molar-refractivity contribution is 5.70. The van der Waals surface area contributed by atoms with E-state index in [1.54, 1.807) is 0 Å². The van der Waals surface area contributed by atoms with Gasteiger partial charge in [-0.15, -0.1) is 0 Å². The molecule has 364 valence electrons. The number of carbonyl (C=O) groups excluding carboxylic acids is 2. The summed E-state index contributed by atoms with van der Waals surface area (Å²) in [4.78, 5) is 24.5. The fourth-order valence-electron chi connectivity index (χ4n) is 8.27. The second-order valence-electron chi connectivity index (χ2n) is 18.7. The largest absolute Gasteiger partial charge is 0.462 e. The zero-order chi connectivity index (χ0) is 44.9. The van der Waals surface area contributed by atoms with Gasteiger partial charge in [-0.2, -0.15) is 0 Å². The molecule has 5 nitrogen and oxygen atoms in total. The molecule has 0 spiro atoms. The third kappa shape index (κ3) is 50.8. The molecule has 0 saturated carbocycles. The molecule has 0 aromatic carbocycles. The first-order valence-electron chi connectivity index (χ1n) is 27.5. The molecule has 5 heteroatoms. The van der Waals surface area contributed by atoms with Crippen LogP contribution in [-0.4, -0.2) is 36.4 Å². The van der Waals surface area contributed by atoms with Gasteiger partial charge in [0.2, 0.25) is 0 Å². The third-order valence-electron chi connectivity index (χ3n) is 12.4. The summed E-state index contributed by atoms with van der Waals surface area (Å²) in [5, 5.41) is 9.63. The molecule has 62 heavy (non-hydrogen) atoms. The van der Waals surface area contributed by atoms with Gasteiger partial charge in [0, 0.05) is 12.8 Å². The van der Waals surface area contributed by atoms with Crippen molar-refractivity contribution < 1.29 is 24.2 Å². The first-order chi connectivity index (χ1) is 30.6. The Morgan fingerprint density at radius 1 is 0.371 bits per heavy atom. The van der Waals surface area contributed by atoms with Gasteiger partial charge in [-0.05, 0) is 51.4 Å². The second-order valence-corrected chi connectivity index (χ2v) is 18.7. The number of hydrogen-bond donors (Lipinski definition) is 1. The molecule has 0 aliphatic rings. The molecular formula is C57H106O5. The molecule has 0 radical (unpaired) electrons. The van der Waals surface area contributed by atoms with Crippen LogP contribution in [-0.2, 0) is 19.1 Å². The number of aliphatic hydroxyl groups excluding tert-OH is 1. The second kappa shape index (κ2) is 53.5. The molecule has 1 unspecified atom stereocenters. The fraction of sp³-hybridized carbons (Fsp3) is 0.860. The van der Waals surface area contributed by atoms with Crippen LogP contribution in [0.1, 0.15) is 296 Å². The van der Waals surface area contributed by atoms with E-state index in [9.17, 15) is 14.7 Å². The Kier molecular flexibility index (Phi) is 51.8. The van der Waals surface area contributed by atoms with E-state index in [0.717, 1.165) is 57.8 Å². The van der Waals surface area contributed by atoms with Gasteiger partial charge in [0.05, 0.1) is 6.61 Å². The monoisotopic (exact) mass is 871 g/mol. The number of allylic oxidation sites excluding steroid dienone is 6. The number of esters is 2. The molecule has 1 N–H and O–H groups in total. The van der Waals surface area contributed by atoms with E-state index in [1.165, 1.54) is 212 Å². The van der Waals surface area contributed by atoms with Crippen molar-refractivity contribution in [2.45, 2.75) is 302 Å². The molecule has 0 aromatic heterocycles. The minimum Gasteiger partial charge on any atom is -0.462 e. The van der Waals surface area contributed by atoms with E-state index in [-0.39, 0.29) is 25.2 Å². The van der Waals surface area contributed by atoms with E-state index >= 15 is 0 Å². The number of aliphatic hydroxyl groups is 1. The lowest BCUT2D eigenvalue weighted by Gasteiger charge is -2.15. The van der Waals surface area contributed by atoms with Crippen LogP contribution in [0.5, 0.6) is 0 Å². The summed E-state index contributed by atoms with van der Waals surface area (Å²) in [6.45, 7) is 4.14. The first-order valence-corrected chi connectivity index (χ1v) is 27.5. The topological polar surface area (TPSA) is 72.8 Å². The van der Waals surface area contributed by atoms with Crippen LogP contribution in [0.15, 0.2) is 36.5 Å². The van der Waals surface area contributed by atoms with E-state index in [1.807, 2.05) is 0 Å². The summed E-state index contributed by atoms with van der Waals surface area (Å²) in [6.07, 6.45) is 68.3. The van der Waals surface area contributed by atoms with Crippen molar-refractivity contribution in [2.24, 2.45) is 0 Å². The Labute approximate surface area is 386 Å². The van der Waals surface area contributed by atoms with E-state index in [4.69, 9.17) is 9.47 Å². The van der Waals surface area contributed by atoms with Crippen LogP contribution in [0.2, 0.25) is 0 Å². The van der Waals surface area contributed by atoms with Gasteiger partial charge in [-0.1, -0.05) is 269 Å². The van der Waals surface area contributed by atoms with Crippen molar-refractivity contribution in [3.8, 4) is 0 Å². The van der Waals surface area contributed by atoms with Crippen molar-refractivity contribution in [1.29, 1.82) is 0 Å². The van der Waals surface area contributed by atoms with Crippen LogP contribution in [0, 0.1) is 0 Å². The van der Waals surface area contributed by atoms with Crippen LogP contribution in [0.25, 0.3) is 0 Å². The molecule has 0 aromatic rings. The normalized spacial score (nSPS) is 12.4. The summed E-state index contributed by atoms with van der Waals surface area (Å²) < 4.78 is 10.7. The Bertz CT molecular complexity index is 986. The summed E-state index contributed by atoms with van der Waals surface area (Å²) in [5.74, 6) is -0.591. The smallest absolute Gasteiger partial charge is 0.306 e. The third-order valence-corrected chi connectivity index (χ3v) is 12.4. The quantitative estimate of drug-likeness (QED) is 0.0374. The predicted molar refractivity (Wildman–Crippen MR) is 270 cm³/mol. The molecule has 1 atom stereocenters. The maximum absolute atomic E-state index is 12.3. The van der Waals surface area contributed by atoms with E-state index < -0.39 is 6.10 Å². The van der Waals surface area contributed by atoms with Gasteiger partial charge < -0.3 is 14.6 Å². The Morgan fingerprint density at radius 3 is 1.00 bits per heavy atom. The highest BCUT2D eigenvalue weighted by atomic mass is 16.6. The number of ether oxygens (including phenoxy) is 2. The number of carbonyl (C=O) groups is 2. The SMILES string of the molecule is CCCCC/C=C\C/C=C\C/C=C\CCCCCCCCC(=O)OC(CO)COC(=O)CCCCCCCCCCCCCCCCCCCCCCCCCCCCCCC. The maximum Gasteiger partial charge on any atom is 0.306 e. The van der Waals surface area contributed by atoms with Crippen molar-refractivity contribution >= 4 is 11.9 Å². The highest BCUT2D eigenvalue weighted by Crippen LogP contribution is 2.17. The van der Waals surface area contributed by atoms with E-state index in [2.05, 4.69) is 50.3 Å². The maximum atomic E-state index is 12.3. The van der Waals surface area contributed by atoms with Crippen molar-refractivity contribution in [3.05, 3.63) is 36.5 Å². The lowest BCUT2D eigenvalue weighted by Crippen LogP contribution is -2.28. The zero-order valence-electron chi connectivity index (χ0n) is 41.6.